The smallest absolute Gasteiger partial charge is 0.267 e. The van der Waals surface area contributed by atoms with E-state index >= 15 is 0 Å². The quantitative estimate of drug-likeness (QED) is 0.648. The predicted octanol–water partition coefficient (Wildman–Crippen LogP) is 4.02. The average Bonchev–Trinajstić information content (AvgIpc) is 3.03. The lowest BCUT2D eigenvalue weighted by Gasteiger charge is -2.02. The standard InChI is InChI=1S/C16H12BrN3OS/c17-14-9-5-4-8-13(14)15(21)20-11-18-16(19-20)22-10-12-6-2-1-3-7-12/h1-9,11H,10H2. The van der Waals surface area contributed by atoms with Crippen LogP contribution in [0.3, 0.4) is 0 Å². The zero-order valence-corrected chi connectivity index (χ0v) is 13.9. The van der Waals surface area contributed by atoms with Crippen molar-refractivity contribution >= 4 is 33.6 Å². The molecule has 22 heavy (non-hydrogen) atoms. The number of benzene rings is 2. The van der Waals surface area contributed by atoms with Gasteiger partial charge < -0.3 is 0 Å². The highest BCUT2D eigenvalue weighted by atomic mass is 79.9. The van der Waals surface area contributed by atoms with Gasteiger partial charge in [0.25, 0.3) is 5.91 Å². The Balaban J connectivity index is 1.71. The first-order chi connectivity index (χ1) is 10.7. The van der Waals surface area contributed by atoms with Crippen LogP contribution in [0.25, 0.3) is 0 Å². The van der Waals surface area contributed by atoms with Gasteiger partial charge in [0, 0.05) is 10.2 Å². The van der Waals surface area contributed by atoms with E-state index in [9.17, 15) is 4.79 Å². The highest BCUT2D eigenvalue weighted by Gasteiger charge is 2.14. The van der Waals surface area contributed by atoms with Gasteiger partial charge in [-0.05, 0) is 33.6 Å². The second kappa shape index (κ2) is 6.89. The third-order valence-electron chi connectivity index (χ3n) is 2.99. The van der Waals surface area contributed by atoms with E-state index in [0.29, 0.717) is 10.7 Å². The summed E-state index contributed by atoms with van der Waals surface area (Å²) >= 11 is 4.88. The summed E-state index contributed by atoms with van der Waals surface area (Å²) in [6.45, 7) is 0. The molecule has 0 aliphatic rings. The molecule has 1 aromatic heterocycles. The van der Waals surface area contributed by atoms with Gasteiger partial charge in [0.15, 0.2) is 0 Å². The minimum Gasteiger partial charge on any atom is -0.267 e. The molecule has 2 aromatic carbocycles. The van der Waals surface area contributed by atoms with Crippen molar-refractivity contribution in [3.63, 3.8) is 0 Å². The summed E-state index contributed by atoms with van der Waals surface area (Å²) in [5.74, 6) is 0.570. The third-order valence-corrected chi connectivity index (χ3v) is 4.61. The van der Waals surface area contributed by atoms with Gasteiger partial charge in [-0.2, -0.15) is 4.68 Å². The Morgan fingerprint density at radius 2 is 1.82 bits per heavy atom. The van der Waals surface area contributed by atoms with E-state index < -0.39 is 0 Å². The lowest BCUT2D eigenvalue weighted by atomic mass is 10.2. The summed E-state index contributed by atoms with van der Waals surface area (Å²) in [5.41, 5.74) is 1.76. The molecule has 0 atom stereocenters. The average molecular weight is 374 g/mol. The van der Waals surface area contributed by atoms with Gasteiger partial charge in [-0.15, -0.1) is 5.10 Å². The summed E-state index contributed by atoms with van der Waals surface area (Å²) < 4.78 is 2.02. The summed E-state index contributed by atoms with van der Waals surface area (Å²) in [6.07, 6.45) is 1.45. The van der Waals surface area contributed by atoms with E-state index in [-0.39, 0.29) is 5.91 Å². The van der Waals surface area contributed by atoms with Gasteiger partial charge in [-0.25, -0.2) is 4.98 Å². The number of hydrogen-bond donors (Lipinski definition) is 0. The summed E-state index contributed by atoms with van der Waals surface area (Å²) in [6, 6.07) is 17.4. The van der Waals surface area contributed by atoms with E-state index in [0.717, 1.165) is 10.2 Å². The molecule has 0 unspecified atom stereocenters. The fourth-order valence-corrected chi connectivity index (χ4v) is 3.10. The molecule has 0 saturated heterocycles. The SMILES string of the molecule is O=C(c1ccccc1Br)n1cnc(SCc2ccccc2)n1. The fraction of sp³-hybridized carbons (Fsp3) is 0.0625. The van der Waals surface area contributed by atoms with Crippen LogP contribution in [0.1, 0.15) is 15.9 Å². The fourth-order valence-electron chi connectivity index (χ4n) is 1.89. The Kier molecular flexibility index (Phi) is 4.70. The minimum atomic E-state index is -0.202. The molecular weight excluding hydrogens is 362 g/mol. The molecule has 0 N–H and O–H groups in total. The Morgan fingerprint density at radius 3 is 2.59 bits per heavy atom. The lowest BCUT2D eigenvalue weighted by molar-refractivity contribution is 0.0943. The molecule has 0 fully saturated rings. The topological polar surface area (TPSA) is 47.8 Å². The number of halogens is 1. The maximum absolute atomic E-state index is 12.4. The maximum Gasteiger partial charge on any atom is 0.280 e. The van der Waals surface area contributed by atoms with Crippen LogP contribution in [-0.2, 0) is 5.75 Å². The molecule has 0 radical (unpaired) electrons. The molecule has 0 amide bonds. The van der Waals surface area contributed by atoms with Crippen molar-refractivity contribution in [1.82, 2.24) is 14.8 Å². The van der Waals surface area contributed by atoms with Crippen LogP contribution in [0.2, 0.25) is 0 Å². The summed E-state index contributed by atoms with van der Waals surface area (Å²) in [4.78, 5) is 16.6. The Bertz CT molecular complexity index is 789. The minimum absolute atomic E-state index is 0.202. The number of rotatable bonds is 4. The monoisotopic (exact) mass is 373 g/mol. The number of hydrogen-bond acceptors (Lipinski definition) is 4. The van der Waals surface area contributed by atoms with Gasteiger partial charge >= 0.3 is 0 Å². The Hall–Kier alpha value is -1.92. The summed E-state index contributed by atoms with van der Waals surface area (Å²) in [5, 5.41) is 4.83. The van der Waals surface area contributed by atoms with Crippen molar-refractivity contribution < 1.29 is 4.79 Å². The van der Waals surface area contributed by atoms with Crippen molar-refractivity contribution in [3.8, 4) is 0 Å². The highest BCUT2D eigenvalue weighted by Crippen LogP contribution is 2.20. The van der Waals surface area contributed by atoms with Crippen LogP contribution in [0, 0.1) is 0 Å². The Morgan fingerprint density at radius 1 is 1.09 bits per heavy atom. The molecule has 0 spiro atoms. The van der Waals surface area contributed by atoms with Crippen molar-refractivity contribution in [1.29, 1.82) is 0 Å². The molecule has 0 bridgehead atoms. The number of thioether (sulfide) groups is 1. The van der Waals surface area contributed by atoms with Crippen molar-refractivity contribution in [2.45, 2.75) is 10.9 Å². The van der Waals surface area contributed by atoms with Crippen LogP contribution < -0.4 is 0 Å². The Labute approximate surface area is 140 Å². The predicted molar refractivity (Wildman–Crippen MR) is 89.9 cm³/mol. The largest absolute Gasteiger partial charge is 0.280 e. The molecular formula is C16H12BrN3OS. The summed E-state index contributed by atoms with van der Waals surface area (Å²) in [7, 11) is 0. The van der Waals surface area contributed by atoms with Crippen molar-refractivity contribution in [2.24, 2.45) is 0 Å². The van der Waals surface area contributed by atoms with Gasteiger partial charge in [-0.1, -0.05) is 54.2 Å². The van der Waals surface area contributed by atoms with Crippen LogP contribution in [-0.4, -0.2) is 20.7 Å². The van der Waals surface area contributed by atoms with Gasteiger partial charge in [-0.3, -0.25) is 4.79 Å². The van der Waals surface area contributed by atoms with E-state index in [4.69, 9.17) is 0 Å². The van der Waals surface area contributed by atoms with E-state index in [1.54, 1.807) is 6.07 Å². The molecule has 0 aliphatic carbocycles. The molecule has 110 valence electrons. The zero-order chi connectivity index (χ0) is 15.4. The van der Waals surface area contributed by atoms with E-state index in [2.05, 4.69) is 38.1 Å². The van der Waals surface area contributed by atoms with Gasteiger partial charge in [0.05, 0.1) is 5.56 Å². The maximum atomic E-state index is 12.4. The van der Waals surface area contributed by atoms with Crippen LogP contribution in [0.15, 0.2) is 70.6 Å². The van der Waals surface area contributed by atoms with E-state index in [1.807, 2.05) is 36.4 Å². The third kappa shape index (κ3) is 3.45. The molecule has 0 aliphatic heterocycles. The number of aromatic nitrogens is 3. The van der Waals surface area contributed by atoms with Gasteiger partial charge in [0.1, 0.15) is 6.33 Å². The first kappa shape index (κ1) is 15.0. The number of nitrogens with zero attached hydrogens (tertiary/aromatic N) is 3. The second-order valence-electron chi connectivity index (χ2n) is 4.53. The molecule has 3 aromatic rings. The molecule has 6 heteroatoms. The van der Waals surface area contributed by atoms with Crippen LogP contribution in [0.4, 0.5) is 0 Å². The normalized spacial score (nSPS) is 10.6. The van der Waals surface area contributed by atoms with E-state index in [1.165, 1.54) is 28.3 Å². The number of carbonyl (C=O) groups is 1. The molecule has 4 nitrogen and oxygen atoms in total. The lowest BCUT2D eigenvalue weighted by Crippen LogP contribution is -2.13. The van der Waals surface area contributed by atoms with Crippen LogP contribution in [0.5, 0.6) is 0 Å². The highest BCUT2D eigenvalue weighted by molar-refractivity contribution is 9.10. The van der Waals surface area contributed by atoms with Crippen molar-refractivity contribution in [3.05, 3.63) is 76.5 Å². The molecule has 3 rings (SSSR count). The van der Waals surface area contributed by atoms with Crippen LogP contribution >= 0.6 is 27.7 Å². The van der Waals surface area contributed by atoms with Crippen molar-refractivity contribution in [2.75, 3.05) is 0 Å². The second-order valence-corrected chi connectivity index (χ2v) is 6.33. The first-order valence-electron chi connectivity index (χ1n) is 6.61. The first-order valence-corrected chi connectivity index (χ1v) is 8.39. The molecule has 0 saturated carbocycles. The molecule has 1 heterocycles. The zero-order valence-electron chi connectivity index (χ0n) is 11.5. The number of carbonyl (C=O) groups excluding carboxylic acids is 1. The van der Waals surface area contributed by atoms with Gasteiger partial charge in [0.2, 0.25) is 5.16 Å².